The number of nitrogen functional groups attached to an aromatic ring is 1. The van der Waals surface area contributed by atoms with Crippen molar-refractivity contribution in [3.8, 4) is 0 Å². The second kappa shape index (κ2) is 4.99. The molecule has 2 heteroatoms. The van der Waals surface area contributed by atoms with Gasteiger partial charge in [-0.15, -0.1) is 0 Å². The SMILES string of the molecule is C/C(=N\c1c(C)cc(C(C)(C)C)cc1N)C(C)(C)C. The number of nitrogens with zero attached hydrogens (tertiary/aromatic N) is 1. The van der Waals surface area contributed by atoms with Gasteiger partial charge in [-0.3, -0.25) is 4.99 Å². The molecule has 0 aromatic heterocycles. The molecule has 19 heavy (non-hydrogen) atoms. The minimum Gasteiger partial charge on any atom is -0.397 e. The second-order valence-electron chi connectivity index (χ2n) is 7.43. The Morgan fingerprint density at radius 3 is 1.95 bits per heavy atom. The molecule has 0 amide bonds. The van der Waals surface area contributed by atoms with Crippen LogP contribution in [0.3, 0.4) is 0 Å². The summed E-state index contributed by atoms with van der Waals surface area (Å²) in [5.74, 6) is 0. The summed E-state index contributed by atoms with van der Waals surface area (Å²) >= 11 is 0. The molecule has 0 aliphatic carbocycles. The number of benzene rings is 1. The van der Waals surface area contributed by atoms with Gasteiger partial charge < -0.3 is 5.73 Å². The van der Waals surface area contributed by atoms with Gasteiger partial charge in [0, 0.05) is 5.71 Å². The van der Waals surface area contributed by atoms with E-state index in [1.807, 2.05) is 0 Å². The number of rotatable bonds is 1. The standard InChI is InChI=1S/C17H28N2/c1-11-9-13(17(6,7)8)10-14(18)15(11)19-12(2)16(3,4)5/h9-10H,18H2,1-8H3/b19-12+. The molecule has 0 fully saturated rings. The maximum absolute atomic E-state index is 6.20. The summed E-state index contributed by atoms with van der Waals surface area (Å²) in [6.45, 7) is 17.2. The van der Waals surface area contributed by atoms with E-state index in [0.717, 1.165) is 22.6 Å². The number of nitrogens with two attached hydrogens (primary N) is 1. The fourth-order valence-electron chi connectivity index (χ4n) is 1.73. The Balaban J connectivity index is 3.34. The Morgan fingerprint density at radius 2 is 1.58 bits per heavy atom. The lowest BCUT2D eigenvalue weighted by atomic mass is 9.85. The fraction of sp³-hybridized carbons (Fsp3) is 0.588. The maximum Gasteiger partial charge on any atom is 0.0887 e. The van der Waals surface area contributed by atoms with E-state index in [2.05, 4.69) is 67.5 Å². The first-order valence-corrected chi connectivity index (χ1v) is 6.89. The summed E-state index contributed by atoms with van der Waals surface area (Å²) < 4.78 is 0. The van der Waals surface area contributed by atoms with Gasteiger partial charge in [0.1, 0.15) is 0 Å². The molecule has 0 aliphatic heterocycles. The first-order chi connectivity index (χ1) is 8.43. The first kappa shape index (κ1) is 15.7. The van der Waals surface area contributed by atoms with E-state index in [-0.39, 0.29) is 10.8 Å². The van der Waals surface area contributed by atoms with Gasteiger partial charge in [-0.1, -0.05) is 47.6 Å². The van der Waals surface area contributed by atoms with Crippen LogP contribution in [0.15, 0.2) is 17.1 Å². The van der Waals surface area contributed by atoms with E-state index < -0.39 is 0 Å². The van der Waals surface area contributed by atoms with Crippen molar-refractivity contribution in [2.75, 3.05) is 5.73 Å². The van der Waals surface area contributed by atoms with Crippen molar-refractivity contribution >= 4 is 17.1 Å². The minimum absolute atomic E-state index is 0.0710. The molecule has 1 aromatic carbocycles. The monoisotopic (exact) mass is 260 g/mol. The third-order valence-electron chi connectivity index (χ3n) is 3.56. The fourth-order valence-corrected chi connectivity index (χ4v) is 1.73. The average Bonchev–Trinajstić information content (AvgIpc) is 2.19. The lowest BCUT2D eigenvalue weighted by molar-refractivity contribution is 0.587. The second-order valence-corrected chi connectivity index (χ2v) is 7.43. The van der Waals surface area contributed by atoms with Gasteiger partial charge in [-0.2, -0.15) is 0 Å². The van der Waals surface area contributed by atoms with Crippen molar-refractivity contribution in [3.05, 3.63) is 23.3 Å². The number of hydrogen-bond acceptors (Lipinski definition) is 2. The van der Waals surface area contributed by atoms with Crippen molar-refractivity contribution in [3.63, 3.8) is 0 Å². The van der Waals surface area contributed by atoms with E-state index in [0.29, 0.717) is 0 Å². The Hall–Kier alpha value is -1.31. The van der Waals surface area contributed by atoms with Crippen molar-refractivity contribution in [1.82, 2.24) is 0 Å². The van der Waals surface area contributed by atoms with E-state index in [1.165, 1.54) is 5.56 Å². The molecule has 2 N–H and O–H groups in total. The third kappa shape index (κ3) is 3.82. The molecule has 106 valence electrons. The number of anilines is 1. The Bertz CT molecular complexity index is 474. The maximum atomic E-state index is 6.20. The quantitative estimate of drug-likeness (QED) is 0.559. The summed E-state index contributed by atoms with van der Waals surface area (Å²) in [7, 11) is 0. The van der Waals surface area contributed by atoms with Crippen LogP contribution in [0.1, 0.15) is 59.6 Å². The third-order valence-corrected chi connectivity index (χ3v) is 3.56. The molecule has 0 atom stereocenters. The number of aliphatic imine (C=N–C) groups is 1. The van der Waals surface area contributed by atoms with Gasteiger partial charge >= 0.3 is 0 Å². The first-order valence-electron chi connectivity index (χ1n) is 6.89. The van der Waals surface area contributed by atoms with Gasteiger partial charge in [0.25, 0.3) is 0 Å². The summed E-state index contributed by atoms with van der Waals surface area (Å²) in [6.07, 6.45) is 0. The van der Waals surface area contributed by atoms with Crippen LogP contribution >= 0.6 is 0 Å². The predicted octanol–water partition coefficient (Wildman–Crippen LogP) is 5.01. The summed E-state index contributed by atoms with van der Waals surface area (Å²) in [5.41, 5.74) is 11.6. The molecule has 0 spiro atoms. The topological polar surface area (TPSA) is 38.4 Å². The largest absolute Gasteiger partial charge is 0.397 e. The van der Waals surface area contributed by atoms with E-state index in [9.17, 15) is 0 Å². The zero-order valence-electron chi connectivity index (χ0n) is 13.7. The molecule has 0 radical (unpaired) electrons. The lowest BCUT2D eigenvalue weighted by Gasteiger charge is -2.22. The average molecular weight is 260 g/mol. The van der Waals surface area contributed by atoms with E-state index >= 15 is 0 Å². The zero-order chi connectivity index (χ0) is 15.0. The van der Waals surface area contributed by atoms with Crippen LogP contribution in [0, 0.1) is 12.3 Å². The van der Waals surface area contributed by atoms with Crippen molar-refractivity contribution < 1.29 is 0 Å². The van der Waals surface area contributed by atoms with Crippen LogP contribution in [-0.4, -0.2) is 5.71 Å². The normalized spacial score (nSPS) is 13.8. The minimum atomic E-state index is 0.0710. The van der Waals surface area contributed by atoms with E-state index in [1.54, 1.807) is 0 Å². The molecule has 1 rings (SSSR count). The molecular formula is C17H28N2. The number of hydrogen-bond donors (Lipinski definition) is 1. The van der Waals surface area contributed by atoms with Crippen LogP contribution in [0.2, 0.25) is 0 Å². The van der Waals surface area contributed by atoms with Gasteiger partial charge in [-0.05, 0) is 41.9 Å². The van der Waals surface area contributed by atoms with Crippen molar-refractivity contribution in [2.45, 2.75) is 60.8 Å². The molecule has 0 saturated carbocycles. The van der Waals surface area contributed by atoms with Crippen molar-refractivity contribution in [2.24, 2.45) is 10.4 Å². The van der Waals surface area contributed by atoms with Crippen LogP contribution in [0.25, 0.3) is 0 Å². The zero-order valence-corrected chi connectivity index (χ0v) is 13.7. The van der Waals surface area contributed by atoms with Gasteiger partial charge in [0.2, 0.25) is 0 Å². The number of aryl methyl sites for hydroxylation is 1. The van der Waals surface area contributed by atoms with Crippen LogP contribution in [-0.2, 0) is 5.41 Å². The molecule has 0 saturated heterocycles. The molecule has 0 heterocycles. The van der Waals surface area contributed by atoms with Gasteiger partial charge in [0.15, 0.2) is 0 Å². The van der Waals surface area contributed by atoms with Gasteiger partial charge in [-0.25, -0.2) is 0 Å². The van der Waals surface area contributed by atoms with Crippen LogP contribution < -0.4 is 5.73 Å². The summed E-state index contributed by atoms with van der Waals surface area (Å²) in [5, 5.41) is 0. The van der Waals surface area contributed by atoms with Gasteiger partial charge in [0.05, 0.1) is 11.4 Å². The molecule has 2 nitrogen and oxygen atoms in total. The summed E-state index contributed by atoms with van der Waals surface area (Å²) in [6, 6.07) is 4.26. The molecule has 0 bridgehead atoms. The highest BCUT2D eigenvalue weighted by Crippen LogP contribution is 2.34. The Morgan fingerprint density at radius 1 is 1.05 bits per heavy atom. The molecule has 1 aromatic rings. The Kier molecular flexibility index (Phi) is 4.14. The van der Waals surface area contributed by atoms with E-state index in [4.69, 9.17) is 10.7 Å². The molecule has 0 aliphatic rings. The molecular weight excluding hydrogens is 232 g/mol. The van der Waals surface area contributed by atoms with Crippen LogP contribution in [0.5, 0.6) is 0 Å². The predicted molar refractivity (Wildman–Crippen MR) is 86.5 cm³/mol. The van der Waals surface area contributed by atoms with Crippen molar-refractivity contribution in [1.29, 1.82) is 0 Å². The lowest BCUT2D eigenvalue weighted by Crippen LogP contribution is -2.16. The summed E-state index contributed by atoms with van der Waals surface area (Å²) in [4.78, 5) is 4.74. The molecule has 0 unspecified atom stereocenters. The Labute approximate surface area is 118 Å². The highest BCUT2D eigenvalue weighted by molar-refractivity contribution is 5.91. The smallest absolute Gasteiger partial charge is 0.0887 e. The van der Waals surface area contributed by atoms with Crippen LogP contribution in [0.4, 0.5) is 11.4 Å². The highest BCUT2D eigenvalue weighted by atomic mass is 14.8. The highest BCUT2D eigenvalue weighted by Gasteiger charge is 2.18.